The maximum absolute atomic E-state index is 6.40. The van der Waals surface area contributed by atoms with Crippen LogP contribution in [0.15, 0.2) is 91.0 Å². The molecule has 15 nitrogen and oxygen atoms in total. The molecule has 0 bridgehead atoms. The van der Waals surface area contributed by atoms with E-state index >= 15 is 0 Å². The van der Waals surface area contributed by atoms with E-state index in [9.17, 15) is 0 Å². The number of ether oxygens (including phenoxy) is 15. The van der Waals surface area contributed by atoms with Crippen molar-refractivity contribution in [2.45, 2.75) is 71.2 Å². The van der Waals surface area contributed by atoms with Crippen molar-refractivity contribution in [2.75, 3.05) is 85.3 Å². The lowest BCUT2D eigenvalue weighted by molar-refractivity contribution is 0.103. The highest BCUT2D eigenvalue weighted by molar-refractivity contribution is 5.57. The maximum atomic E-state index is 6.40. The van der Waals surface area contributed by atoms with E-state index in [1.807, 2.05) is 91.0 Å². The van der Waals surface area contributed by atoms with Crippen LogP contribution in [0.4, 0.5) is 0 Å². The first kappa shape index (κ1) is 57.0. The molecular weight excluding hydrogens is 985 g/mol. The first-order valence-electron chi connectivity index (χ1n) is 25.6. The van der Waals surface area contributed by atoms with E-state index in [1.54, 1.807) is 85.3 Å². The van der Waals surface area contributed by atoms with Gasteiger partial charge in [0.05, 0.1) is 85.3 Å². The molecule has 0 radical (unpaired) electrons. The average molecular weight is 1060 g/mol. The summed E-state index contributed by atoms with van der Waals surface area (Å²) in [4.78, 5) is 0. The third kappa shape index (κ3) is 11.8. The molecule has 8 atom stereocenters. The molecule has 0 spiro atoms. The van der Waals surface area contributed by atoms with Gasteiger partial charge >= 0.3 is 0 Å². The minimum atomic E-state index is -0.103. The van der Waals surface area contributed by atoms with E-state index in [1.165, 1.54) is 0 Å². The number of methoxy groups -OCH3 is 12. The Labute approximate surface area is 454 Å². The molecule has 0 saturated heterocycles. The van der Waals surface area contributed by atoms with Crippen LogP contribution in [-0.4, -0.2) is 85.3 Å². The van der Waals surface area contributed by atoms with E-state index in [-0.39, 0.29) is 47.9 Å². The minimum Gasteiger partial charge on any atom is -0.496 e. The Hall–Kier alpha value is -7.68. The van der Waals surface area contributed by atoms with Gasteiger partial charge in [0.15, 0.2) is 34.5 Å². The van der Waals surface area contributed by atoms with Gasteiger partial charge in [0.25, 0.3) is 0 Å². The van der Waals surface area contributed by atoms with Crippen molar-refractivity contribution in [3.05, 3.63) is 124 Å². The Morgan fingerprint density at radius 1 is 0.312 bits per heavy atom. The molecule has 6 aromatic rings. The molecule has 0 aliphatic carbocycles. The largest absolute Gasteiger partial charge is 0.496 e. The van der Waals surface area contributed by atoms with Crippen LogP contribution < -0.4 is 71.1 Å². The van der Waals surface area contributed by atoms with Crippen LogP contribution in [0.1, 0.15) is 98.1 Å². The van der Waals surface area contributed by atoms with Gasteiger partial charge in [0.1, 0.15) is 70.1 Å². The summed E-state index contributed by atoms with van der Waals surface area (Å²) in [5.74, 6) is 12.5. The summed E-state index contributed by atoms with van der Waals surface area (Å²) >= 11 is 0. The monoisotopic (exact) mass is 1060 g/mol. The Morgan fingerprint density at radius 3 is 0.961 bits per heavy atom. The van der Waals surface area contributed by atoms with Gasteiger partial charge in [-0.1, -0.05) is 52.8 Å². The smallest absolute Gasteiger partial charge is 0.161 e. The van der Waals surface area contributed by atoms with Gasteiger partial charge < -0.3 is 71.1 Å². The first-order valence-corrected chi connectivity index (χ1v) is 25.6. The van der Waals surface area contributed by atoms with Gasteiger partial charge in [-0.3, -0.25) is 0 Å². The molecule has 6 aromatic carbocycles. The molecule has 0 amide bonds. The quantitative estimate of drug-likeness (QED) is 0.0963. The number of fused-ring (bicyclic) bond motifs is 3. The molecule has 77 heavy (non-hydrogen) atoms. The van der Waals surface area contributed by atoms with Crippen LogP contribution in [0.3, 0.4) is 0 Å². The summed E-state index contributed by atoms with van der Waals surface area (Å²) < 4.78 is 84.3. The second-order valence-corrected chi connectivity index (χ2v) is 19.2. The molecule has 0 aromatic heterocycles. The zero-order valence-electron chi connectivity index (χ0n) is 47.6. The predicted octanol–water partition coefficient (Wildman–Crippen LogP) is 13.2. The Morgan fingerprint density at radius 2 is 0.623 bits per heavy atom. The predicted molar refractivity (Wildman–Crippen MR) is 295 cm³/mol. The molecule has 0 saturated carbocycles. The normalized spacial score (nSPS) is 20.5. The van der Waals surface area contributed by atoms with E-state index in [0.29, 0.717) is 46.0 Å². The zero-order valence-corrected chi connectivity index (χ0v) is 47.6. The fraction of sp³-hybridized carbons (Fsp3) is 0.419. The third-order valence-electron chi connectivity index (χ3n) is 15.1. The Balaban J connectivity index is 0.000000168. The lowest BCUT2D eigenvalue weighted by Crippen LogP contribution is -2.27. The molecule has 8 unspecified atom stereocenters. The van der Waals surface area contributed by atoms with E-state index in [0.717, 1.165) is 80.0 Å². The molecule has 3 aliphatic rings. The second-order valence-electron chi connectivity index (χ2n) is 19.2. The van der Waals surface area contributed by atoms with Crippen molar-refractivity contribution < 1.29 is 71.1 Å². The van der Waals surface area contributed by atoms with Crippen molar-refractivity contribution in [1.82, 2.24) is 0 Å². The molecule has 15 heteroatoms. The molecule has 3 aliphatic heterocycles. The number of hydrogen-bond donors (Lipinski definition) is 0. The number of rotatable bonds is 15. The number of hydrogen-bond acceptors (Lipinski definition) is 15. The van der Waals surface area contributed by atoms with Crippen LogP contribution >= 0.6 is 0 Å². The van der Waals surface area contributed by atoms with Crippen LogP contribution in [-0.2, 0) is 6.42 Å². The molecule has 0 fully saturated rings. The molecule has 414 valence electrons. The van der Waals surface area contributed by atoms with Gasteiger partial charge in [0, 0.05) is 70.8 Å². The fourth-order valence-corrected chi connectivity index (χ4v) is 10.5. The summed E-state index contributed by atoms with van der Waals surface area (Å²) in [5, 5.41) is 0. The molecule has 9 rings (SSSR count). The lowest BCUT2D eigenvalue weighted by Gasteiger charge is -2.37. The molecular formula is C62H76O15. The molecule has 3 heterocycles. The summed E-state index contributed by atoms with van der Waals surface area (Å²) in [6, 6.07) is 29.2. The average Bonchev–Trinajstić information content (AvgIpc) is 3.52. The second kappa shape index (κ2) is 25.4. The van der Waals surface area contributed by atoms with Crippen molar-refractivity contribution in [3.8, 4) is 86.2 Å². The first-order chi connectivity index (χ1) is 37.2. The van der Waals surface area contributed by atoms with E-state index in [2.05, 4.69) is 34.6 Å². The highest BCUT2D eigenvalue weighted by Crippen LogP contribution is 2.53. The number of benzene rings is 6. The lowest BCUT2D eigenvalue weighted by atomic mass is 9.79. The standard InChI is InChI=1S/2C21H26O5.C20H24O5/c2*1-12-13(2)21(14-7-8-16(23-4)17(9-14)24-5)26-19-11-15(22-3)10-18(25-6)20(12)19;1-12-8-15-17(23-4)10-14(21-2)11-18(15)25-20(12)13-6-7-16(22-3)19(9-13)24-5/h2*7-13,21H,1-6H3;6-7,9-12,20H,8H2,1-5H3. The van der Waals surface area contributed by atoms with Crippen molar-refractivity contribution >= 4 is 0 Å². The summed E-state index contributed by atoms with van der Waals surface area (Å²) in [7, 11) is 19.7. The van der Waals surface area contributed by atoms with Gasteiger partial charge in [-0.25, -0.2) is 0 Å². The summed E-state index contributed by atoms with van der Waals surface area (Å²) in [6.07, 6.45) is 0.578. The summed E-state index contributed by atoms with van der Waals surface area (Å²) in [6.45, 7) is 11.0. The minimum absolute atomic E-state index is 0.0795. The zero-order chi connectivity index (χ0) is 55.7. The van der Waals surface area contributed by atoms with Crippen molar-refractivity contribution in [2.24, 2.45) is 17.8 Å². The van der Waals surface area contributed by atoms with Crippen LogP contribution in [0.2, 0.25) is 0 Å². The van der Waals surface area contributed by atoms with Crippen LogP contribution in [0.25, 0.3) is 0 Å². The molecule has 0 N–H and O–H groups in total. The topological polar surface area (TPSA) is 138 Å². The van der Waals surface area contributed by atoms with Crippen molar-refractivity contribution in [3.63, 3.8) is 0 Å². The highest BCUT2D eigenvalue weighted by Gasteiger charge is 2.39. The van der Waals surface area contributed by atoms with Gasteiger partial charge in [-0.15, -0.1) is 0 Å². The van der Waals surface area contributed by atoms with Gasteiger partial charge in [-0.2, -0.15) is 0 Å². The Bertz CT molecular complexity index is 2820. The maximum Gasteiger partial charge on any atom is 0.161 e. The van der Waals surface area contributed by atoms with Gasteiger partial charge in [0.2, 0.25) is 0 Å². The van der Waals surface area contributed by atoms with Crippen LogP contribution in [0, 0.1) is 17.8 Å². The summed E-state index contributed by atoms with van der Waals surface area (Å²) in [5.41, 5.74) is 6.39. The third-order valence-corrected chi connectivity index (χ3v) is 15.1. The highest BCUT2D eigenvalue weighted by atomic mass is 16.5. The van der Waals surface area contributed by atoms with Crippen molar-refractivity contribution in [1.29, 1.82) is 0 Å². The van der Waals surface area contributed by atoms with E-state index in [4.69, 9.17) is 71.1 Å². The van der Waals surface area contributed by atoms with Crippen LogP contribution in [0.5, 0.6) is 86.2 Å². The Kier molecular flexibility index (Phi) is 18.8. The van der Waals surface area contributed by atoms with E-state index < -0.39 is 0 Å². The fourth-order valence-electron chi connectivity index (χ4n) is 10.5. The SMILES string of the molecule is COc1cc(OC)c2c(c1)OC(c1ccc(OC)c(OC)c1)C(C)C2.COc1cc(OC)c2c(c1)OC(c1ccc(OC)c(OC)c1)C(C)C2C.COc1cc(OC)c2c(c1)OC(c1ccc(OC)c(OC)c1)C(C)C2C. The van der Waals surface area contributed by atoms with Gasteiger partial charge in [-0.05, 0) is 71.3 Å².